The third kappa shape index (κ3) is 2.07. The SMILES string of the molecule is CC(C)O/N=C1/C(=O)N(C)c2cccc(Br)c21. The first-order valence-electron chi connectivity index (χ1n) is 5.33. The van der Waals surface area contributed by atoms with Crippen LogP contribution in [0.15, 0.2) is 27.8 Å². The van der Waals surface area contributed by atoms with Crippen molar-refractivity contribution >= 4 is 33.2 Å². The van der Waals surface area contributed by atoms with E-state index in [1.165, 1.54) is 0 Å². The summed E-state index contributed by atoms with van der Waals surface area (Å²) in [6.07, 6.45) is -0.0489. The van der Waals surface area contributed by atoms with Gasteiger partial charge in [0.05, 0.1) is 5.69 Å². The van der Waals surface area contributed by atoms with Crippen LogP contribution in [0, 0.1) is 0 Å². The zero-order chi connectivity index (χ0) is 12.6. The molecule has 0 bridgehead atoms. The number of likely N-dealkylation sites (N-methyl/N-ethyl adjacent to an activating group) is 1. The van der Waals surface area contributed by atoms with E-state index in [1.807, 2.05) is 32.0 Å². The summed E-state index contributed by atoms with van der Waals surface area (Å²) in [6.45, 7) is 3.74. The lowest BCUT2D eigenvalue weighted by Gasteiger charge is -2.08. The third-order valence-corrected chi connectivity index (χ3v) is 3.11. The molecule has 0 saturated carbocycles. The van der Waals surface area contributed by atoms with E-state index >= 15 is 0 Å². The number of amides is 1. The summed E-state index contributed by atoms with van der Waals surface area (Å²) in [6, 6.07) is 5.66. The number of anilines is 1. The second-order valence-electron chi connectivity index (χ2n) is 4.09. The van der Waals surface area contributed by atoms with Gasteiger partial charge in [-0.1, -0.05) is 27.2 Å². The minimum Gasteiger partial charge on any atom is -0.392 e. The van der Waals surface area contributed by atoms with Crippen LogP contribution in [-0.4, -0.2) is 24.8 Å². The second kappa shape index (κ2) is 4.49. The van der Waals surface area contributed by atoms with Crippen LogP contribution in [0.5, 0.6) is 0 Å². The van der Waals surface area contributed by atoms with Gasteiger partial charge in [-0.05, 0) is 26.0 Å². The number of hydrogen-bond acceptors (Lipinski definition) is 3. The second-order valence-corrected chi connectivity index (χ2v) is 4.95. The van der Waals surface area contributed by atoms with E-state index in [2.05, 4.69) is 21.1 Å². The maximum Gasteiger partial charge on any atom is 0.280 e. The van der Waals surface area contributed by atoms with Crippen molar-refractivity contribution in [1.82, 2.24) is 0 Å². The number of fused-ring (bicyclic) bond motifs is 1. The summed E-state index contributed by atoms with van der Waals surface area (Å²) < 4.78 is 0.846. The zero-order valence-electron chi connectivity index (χ0n) is 9.90. The van der Waals surface area contributed by atoms with Gasteiger partial charge in [-0.3, -0.25) is 4.79 Å². The van der Waals surface area contributed by atoms with E-state index in [0.29, 0.717) is 5.71 Å². The molecule has 4 nitrogen and oxygen atoms in total. The quantitative estimate of drug-likeness (QED) is 0.787. The number of rotatable bonds is 2. The van der Waals surface area contributed by atoms with Crippen molar-refractivity contribution in [2.45, 2.75) is 20.0 Å². The van der Waals surface area contributed by atoms with Crippen LogP contribution in [0.3, 0.4) is 0 Å². The van der Waals surface area contributed by atoms with Crippen molar-refractivity contribution in [3.8, 4) is 0 Å². The number of oxime groups is 1. The first-order chi connectivity index (χ1) is 8.02. The van der Waals surface area contributed by atoms with Gasteiger partial charge in [-0.25, -0.2) is 0 Å². The van der Waals surface area contributed by atoms with Crippen molar-refractivity contribution < 1.29 is 9.63 Å². The smallest absolute Gasteiger partial charge is 0.280 e. The Hall–Kier alpha value is -1.36. The Morgan fingerprint density at radius 3 is 2.76 bits per heavy atom. The molecule has 0 aromatic heterocycles. The van der Waals surface area contributed by atoms with E-state index in [-0.39, 0.29) is 12.0 Å². The summed E-state index contributed by atoms with van der Waals surface area (Å²) >= 11 is 3.43. The van der Waals surface area contributed by atoms with Crippen molar-refractivity contribution in [3.63, 3.8) is 0 Å². The molecule has 90 valence electrons. The highest BCUT2D eigenvalue weighted by Gasteiger charge is 2.33. The monoisotopic (exact) mass is 296 g/mol. The molecule has 17 heavy (non-hydrogen) atoms. The molecule has 0 spiro atoms. The molecule has 1 amide bonds. The Kier molecular flexibility index (Phi) is 3.19. The molecule has 2 rings (SSSR count). The number of hydrogen-bond donors (Lipinski definition) is 0. The summed E-state index contributed by atoms with van der Waals surface area (Å²) in [5.74, 6) is -0.146. The van der Waals surface area contributed by atoms with Crippen molar-refractivity contribution in [2.24, 2.45) is 5.16 Å². The first-order valence-corrected chi connectivity index (χ1v) is 6.12. The van der Waals surface area contributed by atoms with Gasteiger partial charge in [0.1, 0.15) is 6.10 Å². The molecule has 5 heteroatoms. The third-order valence-electron chi connectivity index (χ3n) is 2.45. The van der Waals surface area contributed by atoms with Crippen molar-refractivity contribution in [1.29, 1.82) is 0 Å². The predicted molar refractivity (Wildman–Crippen MR) is 70.3 cm³/mol. The molecule has 1 aliphatic heterocycles. The molecule has 1 aliphatic rings. The standard InChI is InChI=1S/C12H13BrN2O2/c1-7(2)17-14-11-10-8(13)5-4-6-9(10)15(3)12(11)16/h4-7H,1-3H3/b14-11+. The molecule has 0 atom stereocenters. The summed E-state index contributed by atoms with van der Waals surface area (Å²) in [5.41, 5.74) is 1.99. The Labute approximate surface area is 108 Å². The van der Waals surface area contributed by atoms with Gasteiger partial charge >= 0.3 is 0 Å². The lowest BCUT2D eigenvalue weighted by Crippen LogP contribution is -2.26. The van der Waals surface area contributed by atoms with Gasteiger partial charge in [-0.15, -0.1) is 0 Å². The molecule has 1 aromatic rings. The zero-order valence-corrected chi connectivity index (χ0v) is 11.5. The lowest BCUT2D eigenvalue weighted by molar-refractivity contribution is -0.112. The van der Waals surface area contributed by atoms with E-state index in [9.17, 15) is 4.79 Å². The van der Waals surface area contributed by atoms with Crippen LogP contribution >= 0.6 is 15.9 Å². The molecular formula is C12H13BrN2O2. The predicted octanol–water partition coefficient (Wildman–Crippen LogP) is 2.55. The van der Waals surface area contributed by atoms with Gasteiger partial charge in [0.25, 0.3) is 5.91 Å². The number of nitrogens with zero attached hydrogens (tertiary/aromatic N) is 2. The fourth-order valence-corrected chi connectivity index (χ4v) is 2.19. The van der Waals surface area contributed by atoms with Crippen LogP contribution in [0.4, 0.5) is 5.69 Å². The highest BCUT2D eigenvalue weighted by Crippen LogP contribution is 2.33. The van der Waals surface area contributed by atoms with Crippen LogP contribution in [-0.2, 0) is 9.63 Å². The fraction of sp³-hybridized carbons (Fsp3) is 0.333. The van der Waals surface area contributed by atoms with E-state index in [4.69, 9.17) is 4.84 Å². The Bertz CT molecular complexity index is 497. The van der Waals surface area contributed by atoms with Gasteiger partial charge in [0.15, 0.2) is 5.71 Å². The minimum atomic E-state index is -0.146. The number of carbonyl (C=O) groups excluding carboxylic acids is 1. The number of halogens is 1. The van der Waals surface area contributed by atoms with Gasteiger partial charge in [0, 0.05) is 17.1 Å². The van der Waals surface area contributed by atoms with Crippen LogP contribution in [0.25, 0.3) is 0 Å². The summed E-state index contributed by atoms with van der Waals surface area (Å²) in [4.78, 5) is 18.8. The average molecular weight is 297 g/mol. The highest BCUT2D eigenvalue weighted by molar-refractivity contribution is 9.10. The number of benzene rings is 1. The molecule has 0 saturated heterocycles. The topological polar surface area (TPSA) is 41.9 Å². The maximum absolute atomic E-state index is 12.0. The van der Waals surface area contributed by atoms with Gasteiger partial charge < -0.3 is 9.74 Å². The Balaban J connectivity index is 2.50. The average Bonchev–Trinajstić information content (AvgIpc) is 2.52. The fourth-order valence-electron chi connectivity index (χ4n) is 1.64. The van der Waals surface area contributed by atoms with Crippen molar-refractivity contribution in [2.75, 3.05) is 11.9 Å². The molecule has 0 radical (unpaired) electrons. The molecule has 0 N–H and O–H groups in total. The maximum atomic E-state index is 12.0. The molecule has 0 unspecified atom stereocenters. The van der Waals surface area contributed by atoms with E-state index in [1.54, 1.807) is 11.9 Å². The number of carbonyl (C=O) groups is 1. The summed E-state index contributed by atoms with van der Waals surface area (Å²) in [7, 11) is 1.73. The largest absolute Gasteiger partial charge is 0.392 e. The highest BCUT2D eigenvalue weighted by atomic mass is 79.9. The molecular weight excluding hydrogens is 284 g/mol. The van der Waals surface area contributed by atoms with Crippen LogP contribution in [0.1, 0.15) is 19.4 Å². The lowest BCUT2D eigenvalue weighted by atomic mass is 10.1. The van der Waals surface area contributed by atoms with Crippen molar-refractivity contribution in [3.05, 3.63) is 28.2 Å². The Morgan fingerprint density at radius 1 is 1.41 bits per heavy atom. The molecule has 1 aromatic carbocycles. The first kappa shape index (κ1) is 12.1. The summed E-state index contributed by atoms with van der Waals surface area (Å²) in [5, 5.41) is 3.95. The van der Waals surface area contributed by atoms with Gasteiger partial charge in [-0.2, -0.15) is 0 Å². The molecule has 0 fully saturated rings. The Morgan fingerprint density at radius 2 is 2.12 bits per heavy atom. The normalized spacial score (nSPS) is 16.9. The molecule has 1 heterocycles. The van der Waals surface area contributed by atoms with Gasteiger partial charge in [0.2, 0.25) is 0 Å². The van der Waals surface area contributed by atoms with E-state index < -0.39 is 0 Å². The minimum absolute atomic E-state index is 0.0489. The van der Waals surface area contributed by atoms with Crippen LogP contribution in [0.2, 0.25) is 0 Å². The molecule has 0 aliphatic carbocycles. The van der Waals surface area contributed by atoms with E-state index in [0.717, 1.165) is 15.7 Å². The van der Waals surface area contributed by atoms with Crippen LogP contribution < -0.4 is 4.90 Å².